The second-order valence-corrected chi connectivity index (χ2v) is 7.05. The first-order valence-corrected chi connectivity index (χ1v) is 8.08. The number of rotatable bonds is 4. The summed E-state index contributed by atoms with van der Waals surface area (Å²) in [6.07, 6.45) is 2.50. The second kappa shape index (κ2) is 6.76. The van der Waals surface area contributed by atoms with Crippen LogP contribution in [-0.4, -0.2) is 30.6 Å². The molecule has 0 saturated carbocycles. The van der Waals surface area contributed by atoms with Crippen LogP contribution in [0.1, 0.15) is 32.3 Å². The van der Waals surface area contributed by atoms with Crippen molar-refractivity contribution in [1.82, 2.24) is 4.90 Å². The Balaban J connectivity index is 1.85. The van der Waals surface area contributed by atoms with E-state index in [1.54, 1.807) is 0 Å². The number of benzene rings is 1. The van der Waals surface area contributed by atoms with Gasteiger partial charge in [-0.3, -0.25) is 0 Å². The molecule has 19 heavy (non-hydrogen) atoms. The Labute approximate surface area is 125 Å². The largest absolute Gasteiger partial charge is 0.382 e. The Morgan fingerprint density at radius 1 is 1.26 bits per heavy atom. The average Bonchev–Trinajstić information content (AvgIpc) is 2.29. The summed E-state index contributed by atoms with van der Waals surface area (Å²) in [4.78, 5) is 2.59. The lowest BCUT2D eigenvalue weighted by atomic mass is 10.0. The van der Waals surface area contributed by atoms with Crippen LogP contribution in [0.4, 0.5) is 5.69 Å². The van der Waals surface area contributed by atoms with E-state index in [-0.39, 0.29) is 0 Å². The number of piperidine rings is 1. The molecular formula is C16H25BrN2. The fraction of sp³-hybridized carbons (Fsp3) is 0.625. The van der Waals surface area contributed by atoms with Crippen LogP contribution >= 0.6 is 15.9 Å². The van der Waals surface area contributed by atoms with E-state index in [0.717, 1.165) is 10.4 Å². The quantitative estimate of drug-likeness (QED) is 0.888. The minimum absolute atomic E-state index is 0.622. The van der Waals surface area contributed by atoms with E-state index < -0.39 is 0 Å². The summed E-state index contributed by atoms with van der Waals surface area (Å²) < 4.78 is 1.16. The normalized spacial score (nSPS) is 17.9. The highest BCUT2D eigenvalue weighted by Crippen LogP contribution is 2.22. The van der Waals surface area contributed by atoms with Gasteiger partial charge in [-0.1, -0.05) is 29.8 Å². The number of likely N-dealkylation sites (tertiary alicyclic amines) is 1. The van der Waals surface area contributed by atoms with Crippen molar-refractivity contribution in [2.45, 2.75) is 39.7 Å². The van der Waals surface area contributed by atoms with Crippen LogP contribution < -0.4 is 5.32 Å². The molecule has 0 bridgehead atoms. The lowest BCUT2D eigenvalue weighted by molar-refractivity contribution is 0.198. The number of anilines is 1. The van der Waals surface area contributed by atoms with Gasteiger partial charge in [0.15, 0.2) is 0 Å². The van der Waals surface area contributed by atoms with E-state index in [0.29, 0.717) is 6.04 Å². The van der Waals surface area contributed by atoms with E-state index in [1.807, 2.05) is 0 Å². The number of nitrogens with zero attached hydrogens (tertiary/aromatic N) is 1. The fourth-order valence-electron chi connectivity index (χ4n) is 2.83. The van der Waals surface area contributed by atoms with E-state index in [2.05, 4.69) is 65.1 Å². The van der Waals surface area contributed by atoms with Crippen molar-refractivity contribution in [3.05, 3.63) is 28.2 Å². The standard InChI is InChI=1S/C16H25BrN2/c1-12(2)11-19-6-4-15(5-7-19)18-16-9-13(3)8-14(17)10-16/h8-10,12,15,18H,4-7,11H2,1-3H3. The summed E-state index contributed by atoms with van der Waals surface area (Å²) in [5.41, 5.74) is 2.54. The Kier molecular flexibility index (Phi) is 5.28. The summed E-state index contributed by atoms with van der Waals surface area (Å²) in [5, 5.41) is 3.68. The molecule has 0 aromatic heterocycles. The van der Waals surface area contributed by atoms with Crippen molar-refractivity contribution in [1.29, 1.82) is 0 Å². The third-order valence-corrected chi connectivity index (χ3v) is 4.08. The summed E-state index contributed by atoms with van der Waals surface area (Å²) in [7, 11) is 0. The molecule has 1 aliphatic rings. The second-order valence-electron chi connectivity index (χ2n) is 6.13. The molecule has 2 rings (SSSR count). The van der Waals surface area contributed by atoms with Gasteiger partial charge in [-0.05, 0) is 49.4 Å². The van der Waals surface area contributed by atoms with Crippen LogP contribution in [-0.2, 0) is 0 Å². The van der Waals surface area contributed by atoms with Gasteiger partial charge in [0.2, 0.25) is 0 Å². The molecule has 1 heterocycles. The first-order chi connectivity index (χ1) is 9.02. The smallest absolute Gasteiger partial charge is 0.0356 e. The lowest BCUT2D eigenvalue weighted by Gasteiger charge is -2.33. The molecule has 0 radical (unpaired) electrons. The Morgan fingerprint density at radius 3 is 2.53 bits per heavy atom. The summed E-state index contributed by atoms with van der Waals surface area (Å²) in [6.45, 7) is 10.4. The molecule has 3 heteroatoms. The molecule has 1 aliphatic heterocycles. The van der Waals surface area contributed by atoms with Gasteiger partial charge in [0.05, 0.1) is 0 Å². The minimum atomic E-state index is 0.622. The van der Waals surface area contributed by atoms with Gasteiger partial charge in [-0.15, -0.1) is 0 Å². The molecule has 0 unspecified atom stereocenters. The maximum Gasteiger partial charge on any atom is 0.0356 e. The summed E-state index contributed by atoms with van der Waals surface area (Å²) in [5.74, 6) is 0.775. The molecule has 0 atom stereocenters. The topological polar surface area (TPSA) is 15.3 Å². The van der Waals surface area contributed by atoms with E-state index in [1.165, 1.54) is 43.7 Å². The molecular weight excluding hydrogens is 300 g/mol. The first-order valence-electron chi connectivity index (χ1n) is 7.29. The zero-order chi connectivity index (χ0) is 13.8. The number of hydrogen-bond donors (Lipinski definition) is 1. The molecule has 0 amide bonds. The lowest BCUT2D eigenvalue weighted by Crippen LogP contribution is -2.40. The predicted octanol–water partition coefficient (Wildman–Crippen LogP) is 4.29. The Bertz CT molecular complexity index is 389. The van der Waals surface area contributed by atoms with E-state index in [9.17, 15) is 0 Å². The van der Waals surface area contributed by atoms with Gasteiger partial charge in [-0.25, -0.2) is 0 Å². The molecule has 2 nitrogen and oxygen atoms in total. The maximum atomic E-state index is 3.68. The van der Waals surface area contributed by atoms with Gasteiger partial charge in [0.1, 0.15) is 0 Å². The van der Waals surface area contributed by atoms with Crippen LogP contribution in [0, 0.1) is 12.8 Å². The van der Waals surface area contributed by atoms with Crippen molar-refractivity contribution < 1.29 is 0 Å². The number of nitrogens with one attached hydrogen (secondary N) is 1. The van der Waals surface area contributed by atoms with Crippen molar-refractivity contribution >= 4 is 21.6 Å². The van der Waals surface area contributed by atoms with E-state index >= 15 is 0 Å². The van der Waals surface area contributed by atoms with Gasteiger partial charge in [0.25, 0.3) is 0 Å². The molecule has 1 N–H and O–H groups in total. The molecule has 1 aromatic rings. The number of hydrogen-bond acceptors (Lipinski definition) is 2. The summed E-state index contributed by atoms with van der Waals surface area (Å²) in [6, 6.07) is 7.17. The molecule has 1 fully saturated rings. The third kappa shape index (κ3) is 4.81. The van der Waals surface area contributed by atoms with Gasteiger partial charge in [0, 0.05) is 35.8 Å². The zero-order valence-electron chi connectivity index (χ0n) is 12.2. The van der Waals surface area contributed by atoms with Crippen LogP contribution in [0.25, 0.3) is 0 Å². The van der Waals surface area contributed by atoms with Crippen LogP contribution in [0.2, 0.25) is 0 Å². The van der Waals surface area contributed by atoms with Crippen molar-refractivity contribution in [3.8, 4) is 0 Å². The number of aryl methyl sites for hydroxylation is 1. The fourth-order valence-corrected chi connectivity index (χ4v) is 3.44. The van der Waals surface area contributed by atoms with Gasteiger partial charge < -0.3 is 10.2 Å². The molecule has 1 aromatic carbocycles. The predicted molar refractivity (Wildman–Crippen MR) is 86.8 cm³/mol. The monoisotopic (exact) mass is 324 g/mol. The highest BCUT2D eigenvalue weighted by molar-refractivity contribution is 9.10. The first kappa shape index (κ1) is 14.9. The maximum absolute atomic E-state index is 3.68. The highest BCUT2D eigenvalue weighted by Gasteiger charge is 2.19. The van der Waals surface area contributed by atoms with Gasteiger partial charge >= 0.3 is 0 Å². The Morgan fingerprint density at radius 2 is 1.95 bits per heavy atom. The zero-order valence-corrected chi connectivity index (χ0v) is 13.8. The highest BCUT2D eigenvalue weighted by atomic mass is 79.9. The molecule has 0 aliphatic carbocycles. The molecule has 106 valence electrons. The molecule has 1 saturated heterocycles. The van der Waals surface area contributed by atoms with Crippen LogP contribution in [0.15, 0.2) is 22.7 Å². The Hall–Kier alpha value is -0.540. The summed E-state index contributed by atoms with van der Waals surface area (Å²) >= 11 is 3.57. The minimum Gasteiger partial charge on any atom is -0.382 e. The van der Waals surface area contributed by atoms with Crippen LogP contribution in [0.5, 0.6) is 0 Å². The molecule has 0 spiro atoms. The van der Waals surface area contributed by atoms with Crippen molar-refractivity contribution in [3.63, 3.8) is 0 Å². The number of halogens is 1. The third-order valence-electron chi connectivity index (χ3n) is 3.62. The average molecular weight is 325 g/mol. The van der Waals surface area contributed by atoms with Crippen molar-refractivity contribution in [2.24, 2.45) is 5.92 Å². The van der Waals surface area contributed by atoms with Crippen LogP contribution in [0.3, 0.4) is 0 Å². The van der Waals surface area contributed by atoms with Crippen molar-refractivity contribution in [2.75, 3.05) is 25.0 Å². The van der Waals surface area contributed by atoms with E-state index in [4.69, 9.17) is 0 Å². The SMILES string of the molecule is Cc1cc(Br)cc(NC2CCN(CC(C)C)CC2)c1. The van der Waals surface area contributed by atoms with Gasteiger partial charge in [-0.2, -0.15) is 0 Å².